The highest BCUT2D eigenvalue weighted by molar-refractivity contribution is 6.30. The van der Waals surface area contributed by atoms with Crippen molar-refractivity contribution >= 4 is 40.9 Å². The third-order valence-corrected chi connectivity index (χ3v) is 8.54. The number of nitrogens with zero attached hydrogens (tertiary/aromatic N) is 1. The quantitative estimate of drug-likeness (QED) is 0.180. The van der Waals surface area contributed by atoms with Gasteiger partial charge in [-0.2, -0.15) is 0 Å². The molecule has 0 saturated carbocycles. The molecule has 1 saturated heterocycles. The Morgan fingerprint density at radius 1 is 0.675 bits per heavy atom. The molecule has 2 amide bonds. The van der Waals surface area contributed by atoms with Crippen LogP contribution in [0, 0.1) is 11.8 Å². The maximum Gasteiger partial charge on any atom is 0.338 e. The van der Waals surface area contributed by atoms with Gasteiger partial charge in [0, 0.05) is 22.4 Å². The molecule has 40 heavy (non-hydrogen) atoms. The SMILES string of the molecule is O=C(COC(=O)c1cccc(N2C(=O)[C@H]3C4c5ccccc5C(c5ccccc54)[C@@H]3C2=O)c1)c1ccc(Cl)cc1. The Kier molecular flexibility index (Phi) is 5.68. The van der Waals surface area contributed by atoms with Gasteiger partial charge in [0.1, 0.15) is 0 Å². The first-order valence-electron chi connectivity index (χ1n) is 13.1. The third-order valence-electron chi connectivity index (χ3n) is 8.29. The summed E-state index contributed by atoms with van der Waals surface area (Å²) in [7, 11) is 0. The molecule has 1 fully saturated rings. The monoisotopic (exact) mass is 547 g/mol. The van der Waals surface area contributed by atoms with E-state index in [1.807, 2.05) is 24.3 Å². The molecule has 0 aromatic heterocycles. The van der Waals surface area contributed by atoms with Crippen LogP contribution in [0.1, 0.15) is 54.8 Å². The van der Waals surface area contributed by atoms with Crippen molar-refractivity contribution in [2.45, 2.75) is 11.8 Å². The van der Waals surface area contributed by atoms with Gasteiger partial charge in [-0.3, -0.25) is 14.4 Å². The van der Waals surface area contributed by atoms with Crippen LogP contribution in [-0.2, 0) is 14.3 Å². The van der Waals surface area contributed by atoms with Crippen LogP contribution in [0.2, 0.25) is 5.02 Å². The second kappa shape index (κ2) is 9.28. The first-order chi connectivity index (χ1) is 19.4. The minimum atomic E-state index is -0.722. The van der Waals surface area contributed by atoms with Gasteiger partial charge in [0.2, 0.25) is 11.8 Å². The average Bonchev–Trinajstić information content (AvgIpc) is 3.26. The Hall–Kier alpha value is -4.55. The van der Waals surface area contributed by atoms with Gasteiger partial charge in [-0.1, -0.05) is 66.2 Å². The second-order valence-electron chi connectivity index (χ2n) is 10.3. The Bertz CT molecular complexity index is 1610. The summed E-state index contributed by atoms with van der Waals surface area (Å²) in [6, 6.07) is 28.7. The van der Waals surface area contributed by atoms with E-state index in [1.54, 1.807) is 36.4 Å². The average molecular weight is 548 g/mol. The van der Waals surface area contributed by atoms with Gasteiger partial charge < -0.3 is 4.74 Å². The van der Waals surface area contributed by atoms with Crippen molar-refractivity contribution in [3.05, 3.63) is 135 Å². The van der Waals surface area contributed by atoms with E-state index < -0.39 is 24.4 Å². The summed E-state index contributed by atoms with van der Waals surface area (Å²) in [5.74, 6) is -3.09. The molecule has 4 aromatic carbocycles. The summed E-state index contributed by atoms with van der Waals surface area (Å²) in [4.78, 5) is 54.4. The predicted molar refractivity (Wildman–Crippen MR) is 149 cm³/mol. The van der Waals surface area contributed by atoms with E-state index in [0.29, 0.717) is 16.3 Å². The summed E-state index contributed by atoms with van der Waals surface area (Å²) in [6.07, 6.45) is 0. The number of ether oxygens (including phenoxy) is 1. The maximum absolute atomic E-state index is 14.0. The molecular formula is C33H22ClNO5. The molecule has 1 aliphatic heterocycles. The number of halogens is 1. The lowest BCUT2D eigenvalue weighted by molar-refractivity contribution is -0.122. The summed E-state index contributed by atoms with van der Waals surface area (Å²) in [5.41, 5.74) is 5.22. The van der Waals surface area contributed by atoms with E-state index >= 15 is 0 Å². The lowest BCUT2D eigenvalue weighted by Crippen LogP contribution is -2.41. The highest BCUT2D eigenvalue weighted by atomic mass is 35.5. The molecule has 0 unspecified atom stereocenters. The summed E-state index contributed by atoms with van der Waals surface area (Å²) >= 11 is 5.87. The molecule has 1 heterocycles. The molecule has 2 atom stereocenters. The molecule has 0 radical (unpaired) electrons. The van der Waals surface area contributed by atoms with Crippen molar-refractivity contribution in [2.24, 2.45) is 11.8 Å². The number of carbonyl (C=O) groups excluding carboxylic acids is 4. The van der Waals surface area contributed by atoms with Gasteiger partial charge in [-0.15, -0.1) is 0 Å². The van der Waals surface area contributed by atoms with Crippen LogP contribution >= 0.6 is 11.6 Å². The van der Waals surface area contributed by atoms with Crippen molar-refractivity contribution in [3.8, 4) is 0 Å². The van der Waals surface area contributed by atoms with Gasteiger partial charge in [0.15, 0.2) is 12.4 Å². The number of imide groups is 1. The van der Waals surface area contributed by atoms with Crippen LogP contribution in [0.3, 0.4) is 0 Å². The molecule has 3 aliphatic carbocycles. The maximum atomic E-state index is 14.0. The number of hydrogen-bond acceptors (Lipinski definition) is 5. The van der Waals surface area contributed by atoms with Gasteiger partial charge in [-0.25, -0.2) is 9.69 Å². The van der Waals surface area contributed by atoms with E-state index in [0.717, 1.165) is 22.3 Å². The fourth-order valence-corrected chi connectivity index (χ4v) is 6.76. The smallest absolute Gasteiger partial charge is 0.338 e. The Balaban J connectivity index is 1.17. The highest BCUT2D eigenvalue weighted by Gasteiger charge is 2.61. The van der Waals surface area contributed by atoms with Crippen LogP contribution in [0.4, 0.5) is 5.69 Å². The molecule has 4 aromatic rings. The molecule has 8 rings (SSSR count). The molecule has 4 aliphatic rings. The molecular weight excluding hydrogens is 526 g/mol. The third kappa shape index (κ3) is 3.63. The van der Waals surface area contributed by atoms with E-state index in [4.69, 9.17) is 16.3 Å². The van der Waals surface area contributed by atoms with E-state index in [9.17, 15) is 19.2 Å². The molecule has 196 valence electrons. The number of anilines is 1. The van der Waals surface area contributed by atoms with Gasteiger partial charge >= 0.3 is 5.97 Å². The summed E-state index contributed by atoms with van der Waals surface area (Å²) in [6.45, 7) is -0.448. The number of hydrogen-bond donors (Lipinski definition) is 0. The standard InChI is InChI=1S/C33H22ClNO5/c34-20-14-12-18(13-15-20)26(36)17-40-33(39)19-6-5-7-21(16-19)35-31(37)29-27-22-8-1-2-9-23(22)28(30(29)32(35)38)25-11-4-3-10-24(25)27/h1-16,27-30H,17H2/t27?,28?,29-,30-/m0/s1. The van der Waals surface area contributed by atoms with Gasteiger partial charge in [-0.05, 0) is 64.7 Å². The van der Waals surface area contributed by atoms with Crippen molar-refractivity contribution in [2.75, 3.05) is 11.5 Å². The fraction of sp³-hybridized carbons (Fsp3) is 0.152. The summed E-state index contributed by atoms with van der Waals surface area (Å²) < 4.78 is 5.26. The zero-order valence-corrected chi connectivity index (χ0v) is 21.9. The number of carbonyl (C=O) groups is 4. The number of esters is 1. The minimum absolute atomic E-state index is 0.145. The Labute approximate surface area is 235 Å². The number of Topliss-reactive ketones (excluding diaryl/α,β-unsaturated/α-hetero) is 1. The lowest BCUT2D eigenvalue weighted by atomic mass is 9.55. The first kappa shape index (κ1) is 24.5. The second-order valence-corrected chi connectivity index (χ2v) is 10.8. The van der Waals surface area contributed by atoms with Crippen molar-refractivity contribution in [1.29, 1.82) is 0 Å². The number of amides is 2. The molecule has 7 heteroatoms. The number of rotatable bonds is 5. The van der Waals surface area contributed by atoms with Crippen molar-refractivity contribution in [3.63, 3.8) is 0 Å². The summed E-state index contributed by atoms with van der Waals surface area (Å²) in [5, 5.41) is 0.497. The van der Waals surface area contributed by atoms with Gasteiger partial charge in [0.05, 0.1) is 23.1 Å². The molecule has 2 bridgehead atoms. The highest BCUT2D eigenvalue weighted by Crippen LogP contribution is 2.61. The topological polar surface area (TPSA) is 80.8 Å². The van der Waals surface area contributed by atoms with Crippen LogP contribution in [-0.4, -0.2) is 30.2 Å². The molecule has 0 N–H and O–H groups in total. The lowest BCUT2D eigenvalue weighted by Gasteiger charge is -2.45. The van der Waals surface area contributed by atoms with Crippen LogP contribution in [0.5, 0.6) is 0 Å². The van der Waals surface area contributed by atoms with E-state index in [-0.39, 0.29) is 35.0 Å². The van der Waals surface area contributed by atoms with Crippen molar-refractivity contribution in [1.82, 2.24) is 0 Å². The first-order valence-corrected chi connectivity index (χ1v) is 13.4. The van der Waals surface area contributed by atoms with Crippen molar-refractivity contribution < 1.29 is 23.9 Å². The Morgan fingerprint density at radius 3 is 1.73 bits per heavy atom. The van der Waals surface area contributed by atoms with Crippen LogP contribution in [0.25, 0.3) is 0 Å². The van der Waals surface area contributed by atoms with Crippen LogP contribution < -0.4 is 4.90 Å². The molecule has 6 nitrogen and oxygen atoms in total. The van der Waals surface area contributed by atoms with Gasteiger partial charge in [0.25, 0.3) is 0 Å². The number of ketones is 1. The predicted octanol–water partition coefficient (Wildman–Crippen LogP) is 5.78. The number of benzene rings is 4. The zero-order chi connectivity index (χ0) is 27.5. The normalized spacial score (nSPS) is 22.0. The van der Waals surface area contributed by atoms with E-state index in [1.165, 1.54) is 17.0 Å². The van der Waals surface area contributed by atoms with Crippen LogP contribution in [0.15, 0.2) is 97.1 Å². The van der Waals surface area contributed by atoms with E-state index in [2.05, 4.69) is 24.3 Å². The fourth-order valence-electron chi connectivity index (χ4n) is 6.64. The zero-order valence-electron chi connectivity index (χ0n) is 21.1. The molecule has 0 spiro atoms. The largest absolute Gasteiger partial charge is 0.454 e. The minimum Gasteiger partial charge on any atom is -0.454 e. The Morgan fingerprint density at radius 2 is 1.20 bits per heavy atom.